The van der Waals surface area contributed by atoms with Crippen molar-refractivity contribution >= 4 is 23.6 Å². The lowest BCUT2D eigenvalue weighted by Crippen LogP contribution is -2.38. The summed E-state index contributed by atoms with van der Waals surface area (Å²) < 4.78 is 0. The van der Waals surface area contributed by atoms with Crippen molar-refractivity contribution < 1.29 is 19.2 Å². The first-order chi connectivity index (χ1) is 11.7. The standard InChI is InChI=1S/C17H32N4O4/c1-13(22)18-9-5-17(6-10-19-14(2)23,7-11-20-15(3)24)8-12-21-16(4)25/h5-12H2,1-4H3,(H,18,22)(H,19,23)(H,20,24)(H,21,25). The summed E-state index contributed by atoms with van der Waals surface area (Å²) in [5, 5.41) is 11.2. The summed E-state index contributed by atoms with van der Waals surface area (Å²) in [5.41, 5.74) is -0.212. The minimum absolute atomic E-state index is 0.0977. The van der Waals surface area contributed by atoms with Gasteiger partial charge in [0.1, 0.15) is 0 Å². The van der Waals surface area contributed by atoms with Crippen molar-refractivity contribution in [3.05, 3.63) is 0 Å². The van der Waals surface area contributed by atoms with Crippen molar-refractivity contribution in [1.29, 1.82) is 0 Å². The first-order valence-corrected chi connectivity index (χ1v) is 8.64. The van der Waals surface area contributed by atoms with Crippen molar-refractivity contribution in [2.75, 3.05) is 26.2 Å². The summed E-state index contributed by atoms with van der Waals surface area (Å²) in [6.45, 7) is 7.90. The molecule has 4 amide bonds. The zero-order valence-corrected chi connectivity index (χ0v) is 15.8. The zero-order chi connectivity index (χ0) is 19.3. The molecule has 0 aliphatic heterocycles. The number of hydrogen-bond acceptors (Lipinski definition) is 4. The highest BCUT2D eigenvalue weighted by Gasteiger charge is 2.29. The van der Waals surface area contributed by atoms with Gasteiger partial charge in [-0.1, -0.05) is 0 Å². The fourth-order valence-electron chi connectivity index (χ4n) is 2.76. The summed E-state index contributed by atoms with van der Waals surface area (Å²) in [6.07, 6.45) is 2.80. The molecule has 0 aromatic carbocycles. The maximum atomic E-state index is 11.2. The summed E-state index contributed by atoms with van der Waals surface area (Å²) in [6, 6.07) is 0. The molecule has 0 atom stereocenters. The monoisotopic (exact) mass is 356 g/mol. The van der Waals surface area contributed by atoms with Crippen LogP contribution in [0, 0.1) is 5.41 Å². The molecule has 25 heavy (non-hydrogen) atoms. The van der Waals surface area contributed by atoms with Crippen LogP contribution < -0.4 is 21.3 Å². The van der Waals surface area contributed by atoms with E-state index in [1.807, 2.05) is 0 Å². The molecule has 4 N–H and O–H groups in total. The van der Waals surface area contributed by atoms with Crippen LogP contribution in [0.3, 0.4) is 0 Å². The number of carbonyl (C=O) groups excluding carboxylic acids is 4. The van der Waals surface area contributed by atoms with Gasteiger partial charge in [-0.15, -0.1) is 0 Å². The number of nitrogens with one attached hydrogen (secondary N) is 4. The van der Waals surface area contributed by atoms with E-state index in [9.17, 15) is 19.2 Å². The van der Waals surface area contributed by atoms with Gasteiger partial charge < -0.3 is 21.3 Å². The molecule has 0 fully saturated rings. The molecule has 0 unspecified atom stereocenters. The molecule has 0 radical (unpaired) electrons. The first kappa shape index (κ1) is 22.9. The molecule has 0 aromatic rings. The number of carbonyl (C=O) groups is 4. The quantitative estimate of drug-likeness (QED) is 0.396. The highest BCUT2D eigenvalue weighted by atomic mass is 16.2. The van der Waals surface area contributed by atoms with Gasteiger partial charge >= 0.3 is 0 Å². The molecule has 0 heterocycles. The van der Waals surface area contributed by atoms with Crippen LogP contribution in [0.1, 0.15) is 53.4 Å². The largest absolute Gasteiger partial charge is 0.356 e. The third-order valence-electron chi connectivity index (χ3n) is 4.12. The van der Waals surface area contributed by atoms with E-state index >= 15 is 0 Å². The van der Waals surface area contributed by atoms with Crippen LogP contribution in [0.15, 0.2) is 0 Å². The zero-order valence-electron chi connectivity index (χ0n) is 15.8. The molecule has 0 aliphatic rings. The Balaban J connectivity index is 4.96. The minimum atomic E-state index is -0.212. The molecule has 8 nitrogen and oxygen atoms in total. The normalized spacial score (nSPS) is 10.7. The molecule has 0 saturated heterocycles. The smallest absolute Gasteiger partial charge is 0.216 e. The van der Waals surface area contributed by atoms with E-state index in [-0.39, 0.29) is 29.0 Å². The number of hydrogen-bond donors (Lipinski definition) is 4. The molecule has 0 rings (SSSR count). The van der Waals surface area contributed by atoms with Crippen molar-refractivity contribution in [1.82, 2.24) is 21.3 Å². The lowest BCUT2D eigenvalue weighted by atomic mass is 9.75. The maximum Gasteiger partial charge on any atom is 0.216 e. The van der Waals surface area contributed by atoms with Crippen molar-refractivity contribution in [2.45, 2.75) is 53.4 Å². The molecule has 144 valence electrons. The van der Waals surface area contributed by atoms with Crippen LogP contribution in [-0.4, -0.2) is 49.8 Å². The topological polar surface area (TPSA) is 116 Å². The van der Waals surface area contributed by atoms with Crippen molar-refractivity contribution in [2.24, 2.45) is 5.41 Å². The lowest BCUT2D eigenvalue weighted by Gasteiger charge is -2.34. The summed E-state index contributed by atoms with van der Waals surface area (Å²) >= 11 is 0. The van der Waals surface area contributed by atoms with E-state index in [0.717, 1.165) is 0 Å². The van der Waals surface area contributed by atoms with Gasteiger partial charge in [0.2, 0.25) is 23.6 Å². The van der Waals surface area contributed by atoms with Crippen LogP contribution in [0.25, 0.3) is 0 Å². The molecule has 8 heteroatoms. The van der Waals surface area contributed by atoms with Gasteiger partial charge in [0.05, 0.1) is 0 Å². The SMILES string of the molecule is CC(=O)NCCC(CCNC(C)=O)(CCNC(C)=O)CCNC(C)=O. The first-order valence-electron chi connectivity index (χ1n) is 8.64. The Morgan fingerprint density at radius 3 is 0.880 bits per heavy atom. The summed E-state index contributed by atoms with van der Waals surface area (Å²) in [4.78, 5) is 44.6. The van der Waals surface area contributed by atoms with Crippen LogP contribution in [0.2, 0.25) is 0 Å². The highest BCUT2D eigenvalue weighted by Crippen LogP contribution is 2.34. The van der Waals surface area contributed by atoms with Gasteiger partial charge in [-0.25, -0.2) is 0 Å². The highest BCUT2D eigenvalue weighted by molar-refractivity contribution is 5.73. The van der Waals surface area contributed by atoms with E-state index in [0.29, 0.717) is 51.9 Å². The summed E-state index contributed by atoms with van der Waals surface area (Å²) in [7, 11) is 0. The van der Waals surface area contributed by atoms with Gasteiger partial charge in [0.25, 0.3) is 0 Å². The van der Waals surface area contributed by atoms with Gasteiger partial charge in [-0.3, -0.25) is 19.2 Å². The second-order valence-electron chi connectivity index (χ2n) is 6.43. The third-order valence-corrected chi connectivity index (χ3v) is 4.12. The molecule has 0 saturated carbocycles. The Bertz CT molecular complexity index is 380. The van der Waals surface area contributed by atoms with Gasteiger partial charge in [0.15, 0.2) is 0 Å². The van der Waals surface area contributed by atoms with Crippen molar-refractivity contribution in [3.63, 3.8) is 0 Å². The Morgan fingerprint density at radius 2 is 0.720 bits per heavy atom. The van der Waals surface area contributed by atoms with Crippen LogP contribution >= 0.6 is 0 Å². The van der Waals surface area contributed by atoms with E-state index < -0.39 is 0 Å². The lowest BCUT2D eigenvalue weighted by molar-refractivity contribution is -0.119. The Hall–Kier alpha value is -2.12. The molecule has 0 aromatic heterocycles. The number of rotatable bonds is 12. The van der Waals surface area contributed by atoms with E-state index in [2.05, 4.69) is 21.3 Å². The van der Waals surface area contributed by atoms with Crippen LogP contribution in [0.5, 0.6) is 0 Å². The number of amides is 4. The molecule has 0 spiro atoms. The molecule has 0 aliphatic carbocycles. The van der Waals surface area contributed by atoms with Crippen LogP contribution in [0.4, 0.5) is 0 Å². The molecule has 0 bridgehead atoms. The Labute approximate surface area is 149 Å². The predicted molar refractivity (Wildman–Crippen MR) is 95.6 cm³/mol. The van der Waals surface area contributed by atoms with Gasteiger partial charge in [-0.05, 0) is 31.1 Å². The predicted octanol–water partition coefficient (Wildman–Crippen LogP) is 0.0776. The second kappa shape index (κ2) is 12.3. The Morgan fingerprint density at radius 1 is 0.520 bits per heavy atom. The molecular formula is C17H32N4O4. The maximum absolute atomic E-state index is 11.2. The second-order valence-corrected chi connectivity index (χ2v) is 6.43. The van der Waals surface area contributed by atoms with E-state index in [4.69, 9.17) is 0 Å². The van der Waals surface area contributed by atoms with E-state index in [1.165, 1.54) is 27.7 Å². The fourth-order valence-corrected chi connectivity index (χ4v) is 2.76. The minimum Gasteiger partial charge on any atom is -0.356 e. The third kappa shape index (κ3) is 12.9. The summed E-state index contributed by atoms with van der Waals surface area (Å²) in [5.74, 6) is -0.391. The molecular weight excluding hydrogens is 324 g/mol. The van der Waals surface area contributed by atoms with E-state index in [1.54, 1.807) is 0 Å². The van der Waals surface area contributed by atoms with Gasteiger partial charge in [0, 0.05) is 53.9 Å². The average Bonchev–Trinajstić information content (AvgIpc) is 2.45. The Kier molecular flexibility index (Phi) is 11.2. The van der Waals surface area contributed by atoms with Gasteiger partial charge in [-0.2, -0.15) is 0 Å². The van der Waals surface area contributed by atoms with Crippen molar-refractivity contribution in [3.8, 4) is 0 Å². The fraction of sp³-hybridized carbons (Fsp3) is 0.765. The van der Waals surface area contributed by atoms with Crippen LogP contribution in [-0.2, 0) is 19.2 Å². The average molecular weight is 356 g/mol.